The van der Waals surface area contributed by atoms with Gasteiger partial charge in [0.05, 0.1) is 32.0 Å². The summed E-state index contributed by atoms with van der Waals surface area (Å²) in [6.07, 6.45) is 41.1. The smallest absolute Gasteiger partial charge is 0.305 e. The van der Waals surface area contributed by atoms with Crippen molar-refractivity contribution in [2.24, 2.45) is 0 Å². The number of hydrogen-bond acceptors (Lipinski definition) is 10. The van der Waals surface area contributed by atoms with Gasteiger partial charge >= 0.3 is 5.97 Å². The molecule has 65 heavy (non-hydrogen) atoms. The molecule has 0 aromatic rings. The molecule has 1 rings (SSSR count). The Hall–Kier alpha value is -1.86. The van der Waals surface area contributed by atoms with Gasteiger partial charge in [-0.05, 0) is 44.9 Å². The zero-order chi connectivity index (χ0) is 47.4. The van der Waals surface area contributed by atoms with Crippen molar-refractivity contribution in [2.45, 2.75) is 288 Å². The van der Waals surface area contributed by atoms with Crippen molar-refractivity contribution in [1.82, 2.24) is 5.32 Å². The van der Waals surface area contributed by atoms with Gasteiger partial charge in [-0.15, -0.1) is 0 Å². The van der Waals surface area contributed by atoms with Crippen molar-refractivity contribution >= 4 is 11.9 Å². The van der Waals surface area contributed by atoms with Crippen LogP contribution in [0, 0.1) is 0 Å². The van der Waals surface area contributed by atoms with Gasteiger partial charge in [0.2, 0.25) is 5.91 Å². The third-order valence-electron chi connectivity index (χ3n) is 12.8. The Morgan fingerprint density at radius 2 is 1.00 bits per heavy atom. The van der Waals surface area contributed by atoms with E-state index >= 15 is 0 Å². The summed E-state index contributed by atoms with van der Waals surface area (Å²) < 4.78 is 16.6. The fraction of sp³-hybridized carbons (Fsp3) is 0.889. The third kappa shape index (κ3) is 35.0. The molecule has 0 bridgehead atoms. The van der Waals surface area contributed by atoms with E-state index in [0.29, 0.717) is 19.4 Å². The highest BCUT2D eigenvalue weighted by atomic mass is 16.7. The predicted molar refractivity (Wildman–Crippen MR) is 264 cm³/mol. The average molecular weight is 924 g/mol. The molecule has 11 nitrogen and oxygen atoms in total. The molecule has 0 spiro atoms. The van der Waals surface area contributed by atoms with Crippen molar-refractivity contribution in [3.63, 3.8) is 0 Å². The standard InChI is InChI=1S/C54H101NO10/c1-3-5-7-9-11-13-15-21-24-28-32-36-40-47(57)46(45-64-54-53(62)52(61)51(60)48(44-56)65-54)55-49(58)41-37-33-29-25-22-18-16-17-19-23-27-31-35-39-43-63-50(59)42-38-34-30-26-20-14-12-10-8-6-4-2/h21,24,36,40,46-48,51-54,56-57,60-62H,3-20,22-23,25-35,37-39,41-45H2,1-2H3,(H,55,58)/b24-21+,40-36+. The first-order valence-corrected chi connectivity index (χ1v) is 27.1. The summed E-state index contributed by atoms with van der Waals surface area (Å²) in [6, 6.07) is -0.834. The lowest BCUT2D eigenvalue weighted by atomic mass is 9.99. The van der Waals surface area contributed by atoms with E-state index in [-0.39, 0.29) is 18.5 Å². The Morgan fingerprint density at radius 1 is 0.554 bits per heavy atom. The monoisotopic (exact) mass is 924 g/mol. The van der Waals surface area contributed by atoms with E-state index in [0.717, 1.165) is 70.6 Å². The fourth-order valence-corrected chi connectivity index (χ4v) is 8.45. The van der Waals surface area contributed by atoms with Crippen LogP contribution in [0.5, 0.6) is 0 Å². The fourth-order valence-electron chi connectivity index (χ4n) is 8.45. The number of amides is 1. The van der Waals surface area contributed by atoms with E-state index in [1.165, 1.54) is 148 Å². The Labute approximate surface area is 397 Å². The summed E-state index contributed by atoms with van der Waals surface area (Å²) in [7, 11) is 0. The van der Waals surface area contributed by atoms with Crippen molar-refractivity contribution in [2.75, 3.05) is 19.8 Å². The summed E-state index contributed by atoms with van der Waals surface area (Å²) in [5.41, 5.74) is 0. The van der Waals surface area contributed by atoms with Crippen molar-refractivity contribution < 1.29 is 49.3 Å². The number of unbranched alkanes of at least 4 members (excludes halogenated alkanes) is 30. The highest BCUT2D eigenvalue weighted by Gasteiger charge is 2.44. The number of rotatable bonds is 46. The van der Waals surface area contributed by atoms with E-state index in [9.17, 15) is 35.1 Å². The highest BCUT2D eigenvalue weighted by molar-refractivity contribution is 5.76. The van der Waals surface area contributed by atoms with Gasteiger partial charge in [0, 0.05) is 12.8 Å². The van der Waals surface area contributed by atoms with Crippen molar-refractivity contribution in [3.8, 4) is 0 Å². The van der Waals surface area contributed by atoms with Crippen LogP contribution in [-0.2, 0) is 23.8 Å². The average Bonchev–Trinajstić information content (AvgIpc) is 3.30. The SMILES string of the molecule is CCCCCCCC/C=C/CC/C=C/C(O)C(COC1OC(CO)C(O)C(O)C1O)NC(=O)CCCCCCCCCCCCCCCCOC(=O)CCCCCCCCCCCCC. The summed E-state index contributed by atoms with van der Waals surface area (Å²) in [5, 5.41) is 54.2. The second-order valence-corrected chi connectivity index (χ2v) is 18.9. The second kappa shape index (κ2) is 44.6. The van der Waals surface area contributed by atoms with Gasteiger partial charge < -0.3 is 45.1 Å². The Balaban J connectivity index is 2.16. The van der Waals surface area contributed by atoms with Gasteiger partial charge in [-0.1, -0.05) is 212 Å². The molecule has 0 aromatic heterocycles. The van der Waals surface area contributed by atoms with Gasteiger partial charge in [-0.3, -0.25) is 9.59 Å². The maximum atomic E-state index is 13.0. The maximum Gasteiger partial charge on any atom is 0.305 e. The molecule has 11 heteroatoms. The molecule has 0 aliphatic carbocycles. The van der Waals surface area contributed by atoms with Crippen LogP contribution in [0.25, 0.3) is 0 Å². The van der Waals surface area contributed by atoms with E-state index in [1.54, 1.807) is 6.08 Å². The molecule has 1 amide bonds. The van der Waals surface area contributed by atoms with Crippen LogP contribution < -0.4 is 5.32 Å². The number of carbonyl (C=O) groups is 2. The number of nitrogens with one attached hydrogen (secondary N) is 1. The highest BCUT2D eigenvalue weighted by Crippen LogP contribution is 2.23. The molecule has 7 unspecified atom stereocenters. The van der Waals surface area contributed by atoms with Crippen LogP contribution in [-0.4, -0.2) is 100 Å². The Kier molecular flexibility index (Phi) is 42.0. The van der Waals surface area contributed by atoms with Gasteiger partial charge in [0.25, 0.3) is 0 Å². The minimum absolute atomic E-state index is 0.0243. The van der Waals surface area contributed by atoms with Crippen LogP contribution in [0.2, 0.25) is 0 Å². The maximum absolute atomic E-state index is 13.0. The number of ether oxygens (including phenoxy) is 3. The van der Waals surface area contributed by atoms with E-state index in [2.05, 4.69) is 31.3 Å². The molecule has 382 valence electrons. The lowest BCUT2D eigenvalue weighted by molar-refractivity contribution is -0.302. The normalized spacial score (nSPS) is 19.9. The minimum Gasteiger partial charge on any atom is -0.466 e. The number of carbonyl (C=O) groups excluding carboxylic acids is 2. The molecule has 0 radical (unpaired) electrons. The summed E-state index contributed by atoms with van der Waals surface area (Å²) in [6.45, 7) is 4.27. The molecule has 1 aliphatic rings. The van der Waals surface area contributed by atoms with Crippen molar-refractivity contribution in [1.29, 1.82) is 0 Å². The molecular formula is C54H101NO10. The van der Waals surface area contributed by atoms with Gasteiger partial charge in [0.15, 0.2) is 6.29 Å². The lowest BCUT2D eigenvalue weighted by Gasteiger charge is -2.40. The van der Waals surface area contributed by atoms with E-state index in [1.807, 2.05) is 6.08 Å². The first-order valence-electron chi connectivity index (χ1n) is 27.1. The van der Waals surface area contributed by atoms with Crippen LogP contribution >= 0.6 is 0 Å². The quantitative estimate of drug-likeness (QED) is 0.0196. The van der Waals surface area contributed by atoms with Gasteiger partial charge in [-0.2, -0.15) is 0 Å². The summed E-state index contributed by atoms with van der Waals surface area (Å²) in [5.74, 6) is -0.227. The molecule has 1 saturated heterocycles. The Bertz CT molecular complexity index is 1130. The third-order valence-corrected chi connectivity index (χ3v) is 12.8. The molecule has 6 N–H and O–H groups in total. The molecule has 7 atom stereocenters. The zero-order valence-electron chi connectivity index (χ0n) is 41.7. The predicted octanol–water partition coefficient (Wildman–Crippen LogP) is 11.4. The minimum atomic E-state index is -1.58. The van der Waals surface area contributed by atoms with E-state index < -0.39 is 49.5 Å². The summed E-state index contributed by atoms with van der Waals surface area (Å²) in [4.78, 5) is 25.0. The second-order valence-electron chi connectivity index (χ2n) is 18.9. The largest absolute Gasteiger partial charge is 0.466 e. The van der Waals surface area contributed by atoms with Crippen LogP contribution in [0.3, 0.4) is 0 Å². The zero-order valence-corrected chi connectivity index (χ0v) is 41.7. The lowest BCUT2D eigenvalue weighted by Crippen LogP contribution is -2.60. The molecule has 1 aliphatic heterocycles. The van der Waals surface area contributed by atoms with Crippen LogP contribution in [0.15, 0.2) is 24.3 Å². The molecule has 1 heterocycles. The first-order chi connectivity index (χ1) is 31.7. The van der Waals surface area contributed by atoms with Crippen LogP contribution in [0.4, 0.5) is 0 Å². The number of hydrogen-bond donors (Lipinski definition) is 6. The topological polar surface area (TPSA) is 175 Å². The van der Waals surface area contributed by atoms with Crippen molar-refractivity contribution in [3.05, 3.63) is 24.3 Å². The van der Waals surface area contributed by atoms with E-state index in [4.69, 9.17) is 14.2 Å². The molecule has 0 saturated carbocycles. The molecular weight excluding hydrogens is 823 g/mol. The molecule has 0 aromatic carbocycles. The molecule has 1 fully saturated rings. The van der Waals surface area contributed by atoms with Gasteiger partial charge in [-0.25, -0.2) is 0 Å². The van der Waals surface area contributed by atoms with Gasteiger partial charge in [0.1, 0.15) is 24.4 Å². The number of aliphatic hydroxyl groups is 5. The number of allylic oxidation sites excluding steroid dienone is 3. The van der Waals surface area contributed by atoms with Crippen LogP contribution in [0.1, 0.15) is 245 Å². The summed E-state index contributed by atoms with van der Waals surface area (Å²) >= 11 is 0. The first kappa shape index (κ1) is 61.2. The number of aliphatic hydroxyl groups excluding tert-OH is 5. The Morgan fingerprint density at radius 3 is 1.52 bits per heavy atom. The number of esters is 1.